The number of likely N-dealkylation sites (tertiary alicyclic amines) is 1. The normalized spacial score (nSPS) is 27.8. The van der Waals surface area contributed by atoms with Crippen LogP contribution >= 0.6 is 0 Å². The van der Waals surface area contributed by atoms with Gasteiger partial charge in [-0.3, -0.25) is 4.79 Å². The molecular weight excluding hydrogens is 176 g/mol. The largest absolute Gasteiger partial charge is 0.342 e. The standard InChI is InChI=1S/C11H20N2O/c12-7-10-2-1-5-13(8-10)11(14)6-9-3-4-9/h9-10H,1-8,12H2. The summed E-state index contributed by atoms with van der Waals surface area (Å²) in [5.74, 6) is 1.62. The predicted octanol–water partition coefficient (Wildman–Crippen LogP) is 0.984. The number of carbonyl (C=O) groups excluding carboxylic acids is 1. The van der Waals surface area contributed by atoms with Gasteiger partial charge in [0, 0.05) is 19.5 Å². The number of nitrogens with two attached hydrogens (primary N) is 1. The first-order valence-electron chi connectivity index (χ1n) is 5.77. The highest BCUT2D eigenvalue weighted by Crippen LogP contribution is 2.33. The smallest absolute Gasteiger partial charge is 0.222 e. The molecule has 0 radical (unpaired) electrons. The summed E-state index contributed by atoms with van der Waals surface area (Å²) in [6.07, 6.45) is 5.65. The topological polar surface area (TPSA) is 46.3 Å². The quantitative estimate of drug-likeness (QED) is 0.731. The molecule has 3 nitrogen and oxygen atoms in total. The van der Waals surface area contributed by atoms with Crippen molar-refractivity contribution in [2.75, 3.05) is 19.6 Å². The highest BCUT2D eigenvalue weighted by Gasteiger charge is 2.29. The maximum Gasteiger partial charge on any atom is 0.222 e. The lowest BCUT2D eigenvalue weighted by Crippen LogP contribution is -2.42. The Kier molecular flexibility index (Phi) is 3.06. The minimum atomic E-state index is 0.366. The Morgan fingerprint density at radius 2 is 2.07 bits per heavy atom. The van der Waals surface area contributed by atoms with Crippen LogP contribution < -0.4 is 5.73 Å². The third-order valence-electron chi connectivity index (χ3n) is 3.37. The van der Waals surface area contributed by atoms with Gasteiger partial charge in [0.25, 0.3) is 0 Å². The molecule has 2 fully saturated rings. The highest BCUT2D eigenvalue weighted by atomic mass is 16.2. The lowest BCUT2D eigenvalue weighted by Gasteiger charge is -2.32. The number of amides is 1. The van der Waals surface area contributed by atoms with Crippen molar-refractivity contribution < 1.29 is 4.79 Å². The van der Waals surface area contributed by atoms with Crippen molar-refractivity contribution in [3.63, 3.8) is 0 Å². The van der Waals surface area contributed by atoms with Crippen molar-refractivity contribution in [1.82, 2.24) is 4.90 Å². The zero-order chi connectivity index (χ0) is 9.97. The van der Waals surface area contributed by atoms with E-state index in [0.717, 1.165) is 32.5 Å². The van der Waals surface area contributed by atoms with Crippen molar-refractivity contribution in [3.05, 3.63) is 0 Å². The first kappa shape index (κ1) is 9.97. The van der Waals surface area contributed by atoms with Crippen LogP contribution in [0.25, 0.3) is 0 Å². The number of carbonyl (C=O) groups is 1. The van der Waals surface area contributed by atoms with Crippen LogP contribution in [0.3, 0.4) is 0 Å². The van der Waals surface area contributed by atoms with Crippen molar-refractivity contribution in [1.29, 1.82) is 0 Å². The van der Waals surface area contributed by atoms with E-state index < -0.39 is 0 Å². The number of piperidine rings is 1. The van der Waals surface area contributed by atoms with E-state index in [0.29, 0.717) is 17.7 Å². The fraction of sp³-hybridized carbons (Fsp3) is 0.909. The minimum Gasteiger partial charge on any atom is -0.342 e. The molecule has 3 heteroatoms. The molecule has 0 aromatic rings. The predicted molar refractivity (Wildman–Crippen MR) is 55.7 cm³/mol. The van der Waals surface area contributed by atoms with Gasteiger partial charge in [-0.2, -0.15) is 0 Å². The Morgan fingerprint density at radius 3 is 2.71 bits per heavy atom. The number of nitrogens with zero attached hydrogens (tertiary/aromatic N) is 1. The van der Waals surface area contributed by atoms with Gasteiger partial charge >= 0.3 is 0 Å². The summed E-state index contributed by atoms with van der Waals surface area (Å²) in [5, 5.41) is 0. The van der Waals surface area contributed by atoms with Crippen molar-refractivity contribution in [2.24, 2.45) is 17.6 Å². The van der Waals surface area contributed by atoms with Gasteiger partial charge in [0.05, 0.1) is 0 Å². The van der Waals surface area contributed by atoms with Crippen LogP contribution in [0, 0.1) is 11.8 Å². The van der Waals surface area contributed by atoms with Crippen LogP contribution in [-0.4, -0.2) is 30.4 Å². The van der Waals surface area contributed by atoms with E-state index in [9.17, 15) is 4.79 Å². The molecule has 1 aliphatic heterocycles. The molecule has 1 amide bonds. The summed E-state index contributed by atoms with van der Waals surface area (Å²) in [7, 11) is 0. The highest BCUT2D eigenvalue weighted by molar-refractivity contribution is 5.76. The number of rotatable bonds is 3. The van der Waals surface area contributed by atoms with Gasteiger partial charge in [-0.15, -0.1) is 0 Å². The van der Waals surface area contributed by atoms with Gasteiger partial charge in [-0.05, 0) is 44.1 Å². The van der Waals surface area contributed by atoms with Gasteiger partial charge in [0.2, 0.25) is 5.91 Å². The molecule has 0 bridgehead atoms. The zero-order valence-electron chi connectivity index (χ0n) is 8.74. The average molecular weight is 196 g/mol. The number of hydrogen-bond donors (Lipinski definition) is 1. The number of hydrogen-bond acceptors (Lipinski definition) is 2. The fourth-order valence-electron chi connectivity index (χ4n) is 2.18. The monoisotopic (exact) mass is 196 g/mol. The molecule has 1 saturated heterocycles. The lowest BCUT2D eigenvalue weighted by atomic mass is 9.98. The van der Waals surface area contributed by atoms with Crippen LogP contribution in [0.15, 0.2) is 0 Å². The SMILES string of the molecule is NCC1CCCN(C(=O)CC2CC2)C1. The molecule has 1 atom stereocenters. The molecule has 0 aromatic carbocycles. The molecule has 1 unspecified atom stereocenters. The van der Waals surface area contributed by atoms with E-state index in [-0.39, 0.29) is 0 Å². The molecule has 14 heavy (non-hydrogen) atoms. The maximum absolute atomic E-state index is 11.8. The second-order valence-corrected chi connectivity index (χ2v) is 4.73. The minimum absolute atomic E-state index is 0.366. The van der Waals surface area contributed by atoms with Gasteiger partial charge in [-0.25, -0.2) is 0 Å². The van der Waals surface area contributed by atoms with Crippen molar-refractivity contribution in [2.45, 2.75) is 32.1 Å². The van der Waals surface area contributed by atoms with Gasteiger partial charge in [-0.1, -0.05) is 0 Å². The van der Waals surface area contributed by atoms with Crippen LogP contribution in [0.4, 0.5) is 0 Å². The van der Waals surface area contributed by atoms with Gasteiger partial charge in [0.15, 0.2) is 0 Å². The first-order valence-corrected chi connectivity index (χ1v) is 5.77. The summed E-state index contributed by atoms with van der Waals surface area (Å²) in [6, 6.07) is 0. The van der Waals surface area contributed by atoms with Crippen molar-refractivity contribution in [3.8, 4) is 0 Å². The molecular formula is C11H20N2O. The Morgan fingerprint density at radius 1 is 1.29 bits per heavy atom. The average Bonchev–Trinajstić information content (AvgIpc) is 3.02. The van der Waals surface area contributed by atoms with Crippen LogP contribution in [-0.2, 0) is 4.79 Å². The molecule has 0 spiro atoms. The van der Waals surface area contributed by atoms with E-state index in [1.54, 1.807) is 0 Å². The van der Waals surface area contributed by atoms with E-state index in [2.05, 4.69) is 0 Å². The summed E-state index contributed by atoms with van der Waals surface area (Å²) >= 11 is 0. The van der Waals surface area contributed by atoms with Crippen molar-refractivity contribution >= 4 is 5.91 Å². The third-order valence-corrected chi connectivity index (χ3v) is 3.37. The lowest BCUT2D eigenvalue weighted by molar-refractivity contribution is -0.133. The third kappa shape index (κ3) is 2.47. The van der Waals surface area contributed by atoms with E-state index in [4.69, 9.17) is 5.73 Å². The molecule has 0 aromatic heterocycles. The fourth-order valence-corrected chi connectivity index (χ4v) is 2.18. The summed E-state index contributed by atoms with van der Waals surface area (Å²) in [6.45, 7) is 2.59. The molecule has 80 valence electrons. The molecule has 2 aliphatic rings. The van der Waals surface area contributed by atoms with Gasteiger partial charge < -0.3 is 10.6 Å². The molecule has 1 heterocycles. The Balaban J connectivity index is 1.79. The first-order chi connectivity index (χ1) is 6.79. The molecule has 1 aliphatic carbocycles. The van der Waals surface area contributed by atoms with E-state index in [1.165, 1.54) is 19.3 Å². The second kappa shape index (κ2) is 4.30. The second-order valence-electron chi connectivity index (χ2n) is 4.73. The van der Waals surface area contributed by atoms with Crippen LogP contribution in [0.2, 0.25) is 0 Å². The Labute approximate surface area is 85.6 Å². The summed E-state index contributed by atoms with van der Waals surface area (Å²) in [4.78, 5) is 13.8. The molecule has 1 saturated carbocycles. The van der Waals surface area contributed by atoms with E-state index >= 15 is 0 Å². The van der Waals surface area contributed by atoms with Crippen LogP contribution in [0.5, 0.6) is 0 Å². The van der Waals surface area contributed by atoms with Crippen LogP contribution in [0.1, 0.15) is 32.1 Å². The Bertz CT molecular complexity index is 213. The molecule has 2 N–H and O–H groups in total. The van der Waals surface area contributed by atoms with E-state index in [1.807, 2.05) is 4.90 Å². The summed E-state index contributed by atoms with van der Waals surface area (Å²) in [5.41, 5.74) is 5.64. The zero-order valence-corrected chi connectivity index (χ0v) is 8.74. The summed E-state index contributed by atoms with van der Waals surface area (Å²) < 4.78 is 0. The maximum atomic E-state index is 11.8. The Hall–Kier alpha value is -0.570. The molecule has 2 rings (SSSR count). The van der Waals surface area contributed by atoms with Gasteiger partial charge in [0.1, 0.15) is 0 Å².